The molecular weight excluding hydrogens is 448 g/mol. The molecule has 0 aliphatic carbocycles. The van der Waals surface area contributed by atoms with Gasteiger partial charge in [0.15, 0.2) is 0 Å². The van der Waals surface area contributed by atoms with Gasteiger partial charge in [0.25, 0.3) is 11.8 Å². The normalized spacial score (nSPS) is 13.7. The summed E-state index contributed by atoms with van der Waals surface area (Å²) in [6.45, 7) is 2.81. The minimum absolute atomic E-state index is 0.00587. The van der Waals surface area contributed by atoms with Crippen molar-refractivity contribution in [3.05, 3.63) is 84.1 Å². The molecule has 1 aliphatic rings. The Hall–Kier alpha value is -3.91. The number of benzene rings is 3. The molecule has 0 spiro atoms. The van der Waals surface area contributed by atoms with Crippen molar-refractivity contribution in [2.45, 2.75) is 0 Å². The van der Waals surface area contributed by atoms with Crippen molar-refractivity contribution in [3.63, 3.8) is 0 Å². The second kappa shape index (κ2) is 9.52. The lowest BCUT2D eigenvalue weighted by molar-refractivity contribution is 0.0746. The van der Waals surface area contributed by atoms with Crippen LogP contribution in [0.15, 0.2) is 72.8 Å². The molecule has 0 saturated carbocycles. The first kappa shape index (κ1) is 21.9. The Morgan fingerprint density at radius 3 is 2.47 bits per heavy atom. The van der Waals surface area contributed by atoms with Crippen LogP contribution in [0.4, 0.5) is 11.4 Å². The number of rotatable bonds is 5. The van der Waals surface area contributed by atoms with Crippen LogP contribution in [0.3, 0.4) is 0 Å². The fourth-order valence-electron chi connectivity index (χ4n) is 4.09. The van der Waals surface area contributed by atoms with Gasteiger partial charge in [0.05, 0.1) is 11.8 Å². The second-order valence-corrected chi connectivity index (χ2v) is 8.84. The largest absolute Gasteiger partial charge is 0.497 e. The van der Waals surface area contributed by atoms with E-state index in [2.05, 4.69) is 20.7 Å². The molecule has 172 valence electrons. The maximum atomic E-state index is 13.0. The van der Waals surface area contributed by atoms with Gasteiger partial charge in [0, 0.05) is 54.6 Å². The SMILES string of the molecule is COc1cccc(N2CCN(C(=O)c3ccc(NC(=O)c4nsc5ccccc45)cc3)CC2)c1. The summed E-state index contributed by atoms with van der Waals surface area (Å²) < 4.78 is 10.6. The zero-order valence-corrected chi connectivity index (χ0v) is 19.5. The van der Waals surface area contributed by atoms with Crippen LogP contribution in [-0.2, 0) is 0 Å². The highest BCUT2D eigenvalue weighted by molar-refractivity contribution is 7.13. The fraction of sp³-hybridized carbons (Fsp3) is 0.192. The first-order valence-corrected chi connectivity index (χ1v) is 11.8. The molecule has 0 radical (unpaired) electrons. The molecule has 7 nitrogen and oxygen atoms in total. The van der Waals surface area contributed by atoms with Gasteiger partial charge in [0.1, 0.15) is 11.4 Å². The van der Waals surface area contributed by atoms with Crippen molar-refractivity contribution in [2.24, 2.45) is 0 Å². The molecule has 4 aromatic rings. The van der Waals surface area contributed by atoms with E-state index in [1.54, 1.807) is 31.4 Å². The number of hydrogen-bond donors (Lipinski definition) is 1. The Labute approximate surface area is 201 Å². The van der Waals surface area contributed by atoms with E-state index in [9.17, 15) is 9.59 Å². The van der Waals surface area contributed by atoms with Gasteiger partial charge in [-0.05, 0) is 54.0 Å². The molecular formula is C26H24N4O3S. The Morgan fingerprint density at radius 1 is 0.941 bits per heavy atom. The molecule has 1 fully saturated rings. The third-order valence-electron chi connectivity index (χ3n) is 5.97. The highest BCUT2D eigenvalue weighted by Crippen LogP contribution is 2.24. The predicted molar refractivity (Wildman–Crippen MR) is 135 cm³/mol. The number of fused-ring (bicyclic) bond motifs is 1. The van der Waals surface area contributed by atoms with E-state index >= 15 is 0 Å². The van der Waals surface area contributed by atoms with E-state index in [0.29, 0.717) is 30.0 Å². The summed E-state index contributed by atoms with van der Waals surface area (Å²) in [7, 11) is 1.66. The van der Waals surface area contributed by atoms with E-state index in [1.807, 2.05) is 47.4 Å². The number of ether oxygens (including phenoxy) is 1. The van der Waals surface area contributed by atoms with Gasteiger partial charge in [-0.2, -0.15) is 4.37 Å². The highest BCUT2D eigenvalue weighted by Gasteiger charge is 2.23. The van der Waals surface area contributed by atoms with Crippen molar-refractivity contribution in [1.29, 1.82) is 0 Å². The lowest BCUT2D eigenvalue weighted by Gasteiger charge is -2.36. The topological polar surface area (TPSA) is 74.8 Å². The Balaban J connectivity index is 1.20. The van der Waals surface area contributed by atoms with E-state index in [-0.39, 0.29) is 11.8 Å². The van der Waals surface area contributed by atoms with E-state index in [4.69, 9.17) is 4.74 Å². The van der Waals surface area contributed by atoms with Crippen LogP contribution in [0.1, 0.15) is 20.8 Å². The number of carbonyl (C=O) groups excluding carboxylic acids is 2. The van der Waals surface area contributed by atoms with Gasteiger partial charge in [-0.3, -0.25) is 9.59 Å². The van der Waals surface area contributed by atoms with Gasteiger partial charge in [-0.1, -0.05) is 24.3 Å². The smallest absolute Gasteiger partial charge is 0.276 e. The molecule has 0 bridgehead atoms. The number of methoxy groups -OCH3 is 1. The molecule has 2 heterocycles. The lowest BCUT2D eigenvalue weighted by Crippen LogP contribution is -2.48. The van der Waals surface area contributed by atoms with Crippen LogP contribution in [0.25, 0.3) is 10.1 Å². The first-order chi connectivity index (χ1) is 16.6. The van der Waals surface area contributed by atoms with E-state index < -0.39 is 0 Å². The van der Waals surface area contributed by atoms with Crippen molar-refractivity contribution in [2.75, 3.05) is 43.5 Å². The molecule has 34 heavy (non-hydrogen) atoms. The Morgan fingerprint density at radius 2 is 1.71 bits per heavy atom. The van der Waals surface area contributed by atoms with Crippen LogP contribution in [0, 0.1) is 0 Å². The number of amides is 2. The predicted octanol–water partition coefficient (Wildman–Crippen LogP) is 4.52. The summed E-state index contributed by atoms with van der Waals surface area (Å²) in [4.78, 5) is 29.8. The fourth-order valence-corrected chi connectivity index (χ4v) is 4.87. The third-order valence-corrected chi connectivity index (χ3v) is 6.79. The molecule has 1 N–H and O–H groups in total. The summed E-state index contributed by atoms with van der Waals surface area (Å²) in [5.74, 6) is 0.560. The number of nitrogens with one attached hydrogen (secondary N) is 1. The van der Waals surface area contributed by atoms with Gasteiger partial charge < -0.3 is 19.9 Å². The van der Waals surface area contributed by atoms with E-state index in [1.165, 1.54) is 11.5 Å². The maximum absolute atomic E-state index is 13.0. The molecule has 2 amide bonds. The van der Waals surface area contributed by atoms with Crippen molar-refractivity contribution in [1.82, 2.24) is 9.27 Å². The van der Waals surface area contributed by atoms with Gasteiger partial charge in [-0.25, -0.2) is 0 Å². The van der Waals surface area contributed by atoms with Crippen molar-refractivity contribution < 1.29 is 14.3 Å². The molecule has 3 aromatic carbocycles. The number of carbonyl (C=O) groups is 2. The third kappa shape index (κ3) is 4.45. The van der Waals surface area contributed by atoms with Crippen LogP contribution in [-0.4, -0.2) is 54.4 Å². The zero-order valence-electron chi connectivity index (χ0n) is 18.7. The minimum Gasteiger partial charge on any atom is -0.497 e. The van der Waals surface area contributed by atoms with Crippen LogP contribution < -0.4 is 15.0 Å². The summed E-state index contributed by atoms with van der Waals surface area (Å²) in [5.41, 5.74) is 2.74. The monoisotopic (exact) mass is 472 g/mol. The molecule has 1 aliphatic heterocycles. The van der Waals surface area contributed by atoms with E-state index in [0.717, 1.165) is 34.6 Å². The minimum atomic E-state index is -0.259. The first-order valence-electron chi connectivity index (χ1n) is 11.1. The van der Waals surface area contributed by atoms with Gasteiger partial charge in [-0.15, -0.1) is 0 Å². The van der Waals surface area contributed by atoms with Gasteiger partial charge in [0.2, 0.25) is 0 Å². The lowest BCUT2D eigenvalue weighted by atomic mass is 10.1. The Bertz CT molecular complexity index is 1330. The number of nitrogens with zero attached hydrogens (tertiary/aromatic N) is 3. The molecule has 0 unspecified atom stereocenters. The van der Waals surface area contributed by atoms with Crippen molar-refractivity contribution in [3.8, 4) is 5.75 Å². The summed E-state index contributed by atoms with van der Waals surface area (Å²) >= 11 is 1.30. The van der Waals surface area contributed by atoms with Crippen LogP contribution in [0.5, 0.6) is 5.75 Å². The summed E-state index contributed by atoms with van der Waals surface area (Å²) in [6.07, 6.45) is 0. The van der Waals surface area contributed by atoms with Crippen molar-refractivity contribution >= 4 is 44.8 Å². The standard InChI is InChI=1S/C26H24N4O3S/c1-33-21-6-4-5-20(17-21)29-13-15-30(16-14-29)26(32)18-9-11-19(12-10-18)27-25(31)24-22-7-2-3-8-23(22)34-28-24/h2-12,17H,13-16H2,1H3,(H,27,31). The quantitative estimate of drug-likeness (QED) is 0.462. The maximum Gasteiger partial charge on any atom is 0.276 e. The second-order valence-electron chi connectivity index (χ2n) is 8.04. The summed E-state index contributed by atoms with van der Waals surface area (Å²) in [5, 5.41) is 3.72. The average Bonchev–Trinajstić information content (AvgIpc) is 3.33. The van der Waals surface area contributed by atoms with Crippen LogP contribution in [0.2, 0.25) is 0 Å². The Kier molecular flexibility index (Phi) is 6.14. The van der Waals surface area contributed by atoms with Crippen LogP contribution >= 0.6 is 11.5 Å². The molecule has 1 saturated heterocycles. The molecule has 8 heteroatoms. The number of hydrogen-bond acceptors (Lipinski definition) is 6. The average molecular weight is 473 g/mol. The number of aromatic nitrogens is 1. The molecule has 5 rings (SSSR count). The number of anilines is 2. The van der Waals surface area contributed by atoms with Gasteiger partial charge >= 0.3 is 0 Å². The molecule has 1 aromatic heterocycles. The zero-order chi connectivity index (χ0) is 23.5. The highest BCUT2D eigenvalue weighted by atomic mass is 32.1. The molecule has 0 atom stereocenters. The summed E-state index contributed by atoms with van der Waals surface area (Å²) in [6, 6.07) is 22.7. The number of piperazine rings is 1.